The Bertz CT molecular complexity index is 231. The summed E-state index contributed by atoms with van der Waals surface area (Å²) in [6.07, 6.45) is 3.44. The van der Waals surface area contributed by atoms with Gasteiger partial charge in [0.05, 0.1) is 0 Å². The maximum atomic E-state index is 7.00. The van der Waals surface area contributed by atoms with Crippen molar-refractivity contribution >= 4 is 0 Å². The van der Waals surface area contributed by atoms with E-state index in [0.717, 1.165) is 21.3 Å². The number of rotatable bonds is 0. The molecule has 1 aliphatic carbocycles. The van der Waals surface area contributed by atoms with Gasteiger partial charge in [0.2, 0.25) is 0 Å². The molecule has 0 aliphatic heterocycles. The van der Waals surface area contributed by atoms with Gasteiger partial charge in [0.15, 0.2) is 0 Å². The van der Waals surface area contributed by atoms with Gasteiger partial charge in [0, 0.05) is 47.2 Å². The summed E-state index contributed by atoms with van der Waals surface area (Å²) in [7, 11) is 3.00. The summed E-state index contributed by atoms with van der Waals surface area (Å²) in [5, 5.41) is 21.0. The van der Waals surface area contributed by atoms with Crippen LogP contribution in [0.15, 0.2) is 16.7 Å². The Balaban J connectivity index is -0.000000106. The van der Waals surface area contributed by atoms with Crippen LogP contribution in [0, 0.1) is 11.5 Å². The van der Waals surface area contributed by atoms with E-state index in [2.05, 4.69) is 40.7 Å². The number of hydrogen-bond donors (Lipinski definition) is 3. The molecule has 17 heavy (non-hydrogen) atoms. The van der Waals surface area contributed by atoms with Crippen LogP contribution in [0.5, 0.6) is 0 Å². The van der Waals surface area contributed by atoms with Gasteiger partial charge in [-0.15, -0.1) is 6.92 Å². The normalized spacial score (nSPS) is 14.9. The molecule has 3 nitrogen and oxygen atoms in total. The summed E-state index contributed by atoms with van der Waals surface area (Å²) >= 11 is 0. The molecule has 0 aromatic heterocycles. The molecule has 0 saturated heterocycles. The number of aliphatic hydroxyl groups excluding tert-OH is 3. The van der Waals surface area contributed by atoms with Gasteiger partial charge in [-0.3, -0.25) is 6.08 Å². The first-order valence-corrected chi connectivity index (χ1v) is 5.09. The van der Waals surface area contributed by atoms with E-state index in [9.17, 15) is 0 Å². The number of aliphatic hydroxyl groups is 3. The third-order valence-electron chi connectivity index (χ3n) is 2.56. The minimum absolute atomic E-state index is 0. The second kappa shape index (κ2) is 14.3. The van der Waals surface area contributed by atoms with Crippen molar-refractivity contribution in [3.8, 4) is 0 Å². The predicted octanol–water partition coefficient (Wildman–Crippen LogP) is 1.94. The number of allylic oxidation sites excluding steroid dienone is 4. The summed E-state index contributed by atoms with van der Waals surface area (Å²) in [6, 6.07) is 0. The second-order valence-corrected chi connectivity index (χ2v) is 3.62. The largest absolute Gasteiger partial charge is 0.400 e. The Labute approximate surface area is 125 Å². The van der Waals surface area contributed by atoms with E-state index < -0.39 is 0 Å². The minimum Gasteiger partial charge on any atom is -0.400 e. The molecule has 0 heterocycles. The average molecular weight is 410 g/mol. The van der Waals surface area contributed by atoms with Gasteiger partial charge in [-0.1, -0.05) is 33.1 Å². The van der Waals surface area contributed by atoms with E-state index in [1.807, 2.05) is 0 Å². The first kappa shape index (κ1) is 25.9. The molecule has 1 aliphatic rings. The van der Waals surface area contributed by atoms with E-state index >= 15 is 0 Å². The molecule has 0 radical (unpaired) electrons. The van der Waals surface area contributed by atoms with Crippen molar-refractivity contribution in [1.29, 1.82) is 0 Å². The zero-order chi connectivity index (χ0) is 13.9. The molecule has 0 amide bonds. The predicted molar refractivity (Wildman–Crippen MR) is 69.0 cm³/mol. The Kier molecular flexibility index (Phi) is 21.8. The monoisotopic (exact) mass is 411 g/mol. The van der Waals surface area contributed by atoms with Crippen LogP contribution in [0.1, 0.15) is 34.6 Å². The summed E-state index contributed by atoms with van der Waals surface area (Å²) in [4.78, 5) is 0. The van der Waals surface area contributed by atoms with Crippen molar-refractivity contribution in [2.24, 2.45) is 5.41 Å². The average Bonchev–Trinajstić information content (AvgIpc) is 2.50. The van der Waals surface area contributed by atoms with Gasteiger partial charge in [-0.05, 0) is 0 Å². The molecule has 0 unspecified atom stereocenters. The van der Waals surface area contributed by atoms with Gasteiger partial charge in [0.1, 0.15) is 0 Å². The van der Waals surface area contributed by atoms with Crippen LogP contribution in [0.25, 0.3) is 0 Å². The van der Waals surface area contributed by atoms with Crippen LogP contribution >= 0.6 is 0 Å². The van der Waals surface area contributed by atoms with Crippen LogP contribution in [-0.4, -0.2) is 36.6 Å². The molecule has 102 valence electrons. The Morgan fingerprint density at radius 1 is 0.824 bits per heavy atom. The minimum atomic E-state index is 0. The van der Waals surface area contributed by atoms with Crippen molar-refractivity contribution < 1.29 is 41.2 Å². The first-order chi connectivity index (χ1) is 7.45. The quantitative estimate of drug-likeness (QED) is 0.423. The van der Waals surface area contributed by atoms with Crippen molar-refractivity contribution in [2.45, 2.75) is 34.6 Å². The fourth-order valence-electron chi connectivity index (χ4n) is 1.41. The van der Waals surface area contributed by atoms with Gasteiger partial charge in [-0.2, -0.15) is 11.1 Å². The fraction of sp³-hybridized carbons (Fsp3) is 0.692. The summed E-state index contributed by atoms with van der Waals surface area (Å²) in [5.41, 5.74) is 4.39. The maximum absolute atomic E-state index is 7.00. The SMILES string of the molecule is CC1=[C-]C(C)(C)C(C)=C1C.CO.CO.CO.[Hf]. The Morgan fingerprint density at radius 3 is 1.18 bits per heavy atom. The zero-order valence-corrected chi connectivity index (χ0v) is 15.9. The third-order valence-corrected chi connectivity index (χ3v) is 2.56. The standard InChI is InChI=1S/C10H15.3CH4O.Hf/c1-7-6-10(4,5)9(3)8(7)2;3*1-2;/h1-5H3;3*2H,1H3;/q-1;;;;. The van der Waals surface area contributed by atoms with Gasteiger partial charge in [0.25, 0.3) is 0 Å². The topological polar surface area (TPSA) is 60.7 Å². The molecule has 4 heteroatoms. The molecular weight excluding hydrogens is 383 g/mol. The summed E-state index contributed by atoms with van der Waals surface area (Å²) in [6.45, 7) is 10.9. The van der Waals surface area contributed by atoms with Crippen LogP contribution in [0.3, 0.4) is 0 Å². The molecule has 1 rings (SSSR count). The molecule has 3 N–H and O–H groups in total. The van der Waals surface area contributed by atoms with Gasteiger partial charge < -0.3 is 15.3 Å². The second-order valence-electron chi connectivity index (χ2n) is 3.62. The van der Waals surface area contributed by atoms with Crippen LogP contribution in [0.2, 0.25) is 0 Å². The van der Waals surface area contributed by atoms with Crippen molar-refractivity contribution in [2.75, 3.05) is 21.3 Å². The van der Waals surface area contributed by atoms with Crippen LogP contribution in [-0.2, 0) is 25.8 Å². The van der Waals surface area contributed by atoms with E-state index in [1.165, 1.54) is 16.7 Å². The first-order valence-electron chi connectivity index (χ1n) is 5.09. The van der Waals surface area contributed by atoms with Gasteiger partial charge >= 0.3 is 0 Å². The Hall–Kier alpha value is 0.230. The summed E-state index contributed by atoms with van der Waals surface area (Å²) in [5.74, 6) is 0. The van der Waals surface area contributed by atoms with Gasteiger partial charge in [-0.25, -0.2) is 5.57 Å². The van der Waals surface area contributed by atoms with E-state index in [-0.39, 0.29) is 31.3 Å². The van der Waals surface area contributed by atoms with Crippen LogP contribution < -0.4 is 0 Å². The number of hydrogen-bond acceptors (Lipinski definition) is 3. The van der Waals surface area contributed by atoms with Crippen molar-refractivity contribution in [1.82, 2.24) is 0 Å². The molecule has 0 aromatic rings. The molecule has 0 spiro atoms. The maximum Gasteiger partial charge on any atom is 0.0319 e. The fourth-order valence-corrected chi connectivity index (χ4v) is 1.41. The molecule has 0 fully saturated rings. The molecule has 0 atom stereocenters. The molecule has 0 aromatic carbocycles. The van der Waals surface area contributed by atoms with E-state index in [0.29, 0.717) is 0 Å². The molecular formula is C13H27HfO3-. The van der Waals surface area contributed by atoms with Crippen molar-refractivity contribution in [3.05, 3.63) is 22.8 Å². The van der Waals surface area contributed by atoms with E-state index in [4.69, 9.17) is 15.3 Å². The molecule has 0 saturated carbocycles. The summed E-state index contributed by atoms with van der Waals surface area (Å²) < 4.78 is 0. The van der Waals surface area contributed by atoms with Crippen LogP contribution in [0.4, 0.5) is 0 Å². The molecule has 0 bridgehead atoms. The van der Waals surface area contributed by atoms with Crippen molar-refractivity contribution in [3.63, 3.8) is 0 Å². The third kappa shape index (κ3) is 8.89. The Morgan fingerprint density at radius 2 is 1.12 bits per heavy atom. The smallest absolute Gasteiger partial charge is 0.0319 e. The van der Waals surface area contributed by atoms with E-state index in [1.54, 1.807) is 0 Å². The zero-order valence-electron chi connectivity index (χ0n) is 12.3.